The summed E-state index contributed by atoms with van der Waals surface area (Å²) in [7, 11) is 1.61. The van der Waals surface area contributed by atoms with Crippen LogP contribution < -0.4 is 15.4 Å². The molecule has 1 aromatic carbocycles. The van der Waals surface area contributed by atoms with Crippen LogP contribution in [0.4, 0.5) is 5.69 Å². The van der Waals surface area contributed by atoms with Gasteiger partial charge in [-0.05, 0) is 44.2 Å². The predicted molar refractivity (Wildman–Crippen MR) is 110 cm³/mol. The number of amides is 2. The van der Waals surface area contributed by atoms with Crippen molar-refractivity contribution in [2.24, 2.45) is 0 Å². The molecule has 0 saturated heterocycles. The molecule has 0 unspecified atom stereocenters. The van der Waals surface area contributed by atoms with Gasteiger partial charge in [0.2, 0.25) is 0 Å². The minimum Gasteiger partial charge on any atom is -0.496 e. The molecule has 0 bridgehead atoms. The van der Waals surface area contributed by atoms with Gasteiger partial charge in [-0.15, -0.1) is 0 Å². The second-order valence-corrected chi connectivity index (χ2v) is 6.51. The van der Waals surface area contributed by atoms with E-state index in [-0.39, 0.29) is 18.4 Å². The van der Waals surface area contributed by atoms with Gasteiger partial charge in [-0.2, -0.15) is 0 Å². The summed E-state index contributed by atoms with van der Waals surface area (Å²) in [5.74, 6) is 0.217. The SMILES string of the molecule is COc1c(C)cnc(CNC(=O)c2cccc(NC(=O)c3cccnc3)c2)c1C. The van der Waals surface area contributed by atoms with Crippen molar-refractivity contribution in [3.8, 4) is 5.75 Å². The van der Waals surface area contributed by atoms with Crippen LogP contribution in [0.1, 0.15) is 37.5 Å². The highest BCUT2D eigenvalue weighted by molar-refractivity contribution is 6.04. The molecule has 0 saturated carbocycles. The number of nitrogens with one attached hydrogen (secondary N) is 2. The molecule has 3 aromatic rings. The van der Waals surface area contributed by atoms with Crippen molar-refractivity contribution < 1.29 is 14.3 Å². The summed E-state index contributed by atoms with van der Waals surface area (Å²) in [5.41, 5.74) is 3.98. The van der Waals surface area contributed by atoms with Crippen molar-refractivity contribution >= 4 is 17.5 Å². The fourth-order valence-corrected chi connectivity index (χ4v) is 2.95. The number of benzene rings is 1. The van der Waals surface area contributed by atoms with Gasteiger partial charge in [-0.3, -0.25) is 19.6 Å². The number of pyridine rings is 2. The Bertz CT molecular complexity index is 1040. The van der Waals surface area contributed by atoms with E-state index < -0.39 is 0 Å². The number of rotatable bonds is 6. The van der Waals surface area contributed by atoms with Crippen LogP contribution in [0.25, 0.3) is 0 Å². The Morgan fingerprint density at radius 3 is 2.55 bits per heavy atom. The molecule has 2 amide bonds. The van der Waals surface area contributed by atoms with Gasteiger partial charge in [0, 0.05) is 41.0 Å². The van der Waals surface area contributed by atoms with Crippen LogP contribution in [-0.4, -0.2) is 28.9 Å². The zero-order chi connectivity index (χ0) is 20.8. The molecule has 0 aliphatic heterocycles. The maximum Gasteiger partial charge on any atom is 0.257 e. The van der Waals surface area contributed by atoms with E-state index in [9.17, 15) is 9.59 Å². The van der Waals surface area contributed by atoms with Crippen LogP contribution in [0, 0.1) is 13.8 Å². The van der Waals surface area contributed by atoms with Crippen molar-refractivity contribution in [2.75, 3.05) is 12.4 Å². The number of nitrogens with zero attached hydrogens (tertiary/aromatic N) is 2. The quantitative estimate of drug-likeness (QED) is 0.674. The lowest BCUT2D eigenvalue weighted by Crippen LogP contribution is -2.24. The van der Waals surface area contributed by atoms with E-state index >= 15 is 0 Å². The fourth-order valence-electron chi connectivity index (χ4n) is 2.95. The highest BCUT2D eigenvalue weighted by Crippen LogP contribution is 2.23. The van der Waals surface area contributed by atoms with Crippen molar-refractivity contribution in [1.29, 1.82) is 0 Å². The molecule has 0 radical (unpaired) electrons. The third-order valence-corrected chi connectivity index (χ3v) is 4.47. The zero-order valence-electron chi connectivity index (χ0n) is 16.5. The third kappa shape index (κ3) is 4.76. The monoisotopic (exact) mass is 390 g/mol. The Labute approximate surface area is 169 Å². The van der Waals surface area contributed by atoms with E-state index in [1.165, 1.54) is 6.20 Å². The first kappa shape index (κ1) is 20.0. The number of hydrogen-bond donors (Lipinski definition) is 2. The number of aromatic nitrogens is 2. The second-order valence-electron chi connectivity index (χ2n) is 6.51. The molecule has 7 nitrogen and oxygen atoms in total. The number of anilines is 1. The lowest BCUT2D eigenvalue weighted by molar-refractivity contribution is 0.0949. The largest absolute Gasteiger partial charge is 0.496 e. The second kappa shape index (κ2) is 8.97. The van der Waals surface area contributed by atoms with Crippen LogP contribution in [0.2, 0.25) is 0 Å². The summed E-state index contributed by atoms with van der Waals surface area (Å²) >= 11 is 0. The van der Waals surface area contributed by atoms with Crippen molar-refractivity contribution in [2.45, 2.75) is 20.4 Å². The van der Waals surface area contributed by atoms with E-state index in [2.05, 4.69) is 20.6 Å². The molecule has 3 rings (SSSR count). The van der Waals surface area contributed by atoms with Crippen LogP contribution >= 0.6 is 0 Å². The van der Waals surface area contributed by atoms with Crippen LogP contribution in [0.15, 0.2) is 55.0 Å². The fraction of sp³-hybridized carbons (Fsp3) is 0.182. The zero-order valence-corrected chi connectivity index (χ0v) is 16.5. The number of methoxy groups -OCH3 is 1. The number of aryl methyl sites for hydroxylation is 1. The Morgan fingerprint density at radius 2 is 1.83 bits per heavy atom. The summed E-state index contributed by atoms with van der Waals surface area (Å²) in [5, 5.41) is 5.63. The van der Waals surface area contributed by atoms with Gasteiger partial charge in [0.05, 0.1) is 24.9 Å². The maximum atomic E-state index is 12.6. The molecule has 29 heavy (non-hydrogen) atoms. The lowest BCUT2D eigenvalue weighted by Gasteiger charge is -2.13. The molecule has 0 aliphatic rings. The maximum absolute atomic E-state index is 12.6. The normalized spacial score (nSPS) is 10.3. The van der Waals surface area contributed by atoms with E-state index in [1.54, 1.807) is 55.9 Å². The smallest absolute Gasteiger partial charge is 0.257 e. The molecular formula is C22H22N4O3. The highest BCUT2D eigenvalue weighted by Gasteiger charge is 2.12. The number of carbonyl (C=O) groups excluding carboxylic acids is 2. The Balaban J connectivity index is 1.68. The molecule has 0 atom stereocenters. The van der Waals surface area contributed by atoms with E-state index in [0.717, 1.165) is 22.6 Å². The van der Waals surface area contributed by atoms with E-state index in [4.69, 9.17) is 4.74 Å². The average Bonchev–Trinajstić information content (AvgIpc) is 2.74. The molecular weight excluding hydrogens is 368 g/mol. The predicted octanol–water partition coefficient (Wildman–Crippen LogP) is 3.28. The molecule has 0 fully saturated rings. The standard InChI is InChI=1S/C22H22N4O3/c1-14-11-24-19(15(2)20(14)29-3)13-25-21(27)16-6-4-8-18(10-16)26-22(28)17-7-5-9-23-12-17/h4-12H,13H2,1-3H3,(H,25,27)(H,26,28). The summed E-state index contributed by atoms with van der Waals surface area (Å²) in [6.45, 7) is 4.11. The van der Waals surface area contributed by atoms with Crippen LogP contribution in [-0.2, 0) is 6.54 Å². The van der Waals surface area contributed by atoms with Gasteiger partial charge in [-0.1, -0.05) is 6.07 Å². The van der Waals surface area contributed by atoms with Crippen LogP contribution in [0.3, 0.4) is 0 Å². The third-order valence-electron chi connectivity index (χ3n) is 4.47. The Hall–Kier alpha value is -3.74. The van der Waals surface area contributed by atoms with Crippen LogP contribution in [0.5, 0.6) is 5.75 Å². The first-order valence-corrected chi connectivity index (χ1v) is 9.08. The number of carbonyl (C=O) groups is 2. The number of hydrogen-bond acceptors (Lipinski definition) is 5. The highest BCUT2D eigenvalue weighted by atomic mass is 16.5. The minimum absolute atomic E-state index is 0.261. The van der Waals surface area contributed by atoms with Gasteiger partial charge in [0.1, 0.15) is 5.75 Å². The molecule has 2 heterocycles. The summed E-state index contributed by atoms with van der Waals surface area (Å²) in [6.07, 6.45) is 4.81. The minimum atomic E-state index is -0.290. The Kier molecular flexibility index (Phi) is 6.19. The lowest BCUT2D eigenvalue weighted by atomic mass is 10.1. The first-order valence-electron chi connectivity index (χ1n) is 9.08. The van der Waals surface area contributed by atoms with Gasteiger partial charge in [-0.25, -0.2) is 0 Å². The molecule has 2 aromatic heterocycles. The molecule has 7 heteroatoms. The van der Waals surface area contributed by atoms with Gasteiger partial charge in [0.25, 0.3) is 11.8 Å². The molecule has 2 N–H and O–H groups in total. The molecule has 0 spiro atoms. The van der Waals surface area contributed by atoms with Gasteiger partial charge in [0.15, 0.2) is 0 Å². The van der Waals surface area contributed by atoms with E-state index in [1.807, 2.05) is 13.8 Å². The number of ether oxygens (including phenoxy) is 1. The Morgan fingerprint density at radius 1 is 1.03 bits per heavy atom. The molecule has 0 aliphatic carbocycles. The van der Waals surface area contributed by atoms with Gasteiger partial charge >= 0.3 is 0 Å². The topological polar surface area (TPSA) is 93.2 Å². The van der Waals surface area contributed by atoms with Crippen molar-refractivity contribution in [1.82, 2.24) is 15.3 Å². The van der Waals surface area contributed by atoms with Crippen molar-refractivity contribution in [3.05, 3.63) is 82.9 Å². The van der Waals surface area contributed by atoms with Crippen molar-refractivity contribution in [3.63, 3.8) is 0 Å². The summed E-state index contributed by atoms with van der Waals surface area (Å²) in [4.78, 5) is 33.1. The van der Waals surface area contributed by atoms with Gasteiger partial charge < -0.3 is 15.4 Å². The average molecular weight is 390 g/mol. The molecule has 148 valence electrons. The van der Waals surface area contributed by atoms with E-state index in [0.29, 0.717) is 16.8 Å². The summed E-state index contributed by atoms with van der Waals surface area (Å²) < 4.78 is 5.40. The summed E-state index contributed by atoms with van der Waals surface area (Å²) in [6, 6.07) is 10.1. The first-order chi connectivity index (χ1) is 14.0.